The van der Waals surface area contributed by atoms with Crippen LogP contribution in [0.4, 0.5) is 5.69 Å². The van der Waals surface area contributed by atoms with E-state index in [0.717, 1.165) is 83.7 Å². The summed E-state index contributed by atoms with van der Waals surface area (Å²) in [5.74, 6) is 4.82. The summed E-state index contributed by atoms with van der Waals surface area (Å²) in [6, 6.07) is 8.58. The van der Waals surface area contributed by atoms with E-state index in [1.807, 2.05) is 13.0 Å². The van der Waals surface area contributed by atoms with Gasteiger partial charge in [0.1, 0.15) is 5.66 Å². The molecular weight excluding hydrogens is 466 g/mol. The van der Waals surface area contributed by atoms with Crippen LogP contribution in [0.5, 0.6) is 0 Å². The highest BCUT2D eigenvalue weighted by atomic mass is 15.2. The number of fused-ring (bicyclic) bond motifs is 3. The van der Waals surface area contributed by atoms with Gasteiger partial charge in [-0.3, -0.25) is 0 Å². The Kier molecular flexibility index (Phi) is 6.41. The van der Waals surface area contributed by atoms with Gasteiger partial charge in [-0.25, -0.2) is 0 Å². The van der Waals surface area contributed by atoms with Crippen molar-refractivity contribution >= 4 is 5.69 Å². The largest absolute Gasteiger partial charge is 0.384 e. The molecule has 204 valence electrons. The third kappa shape index (κ3) is 4.09. The van der Waals surface area contributed by atoms with E-state index in [1.54, 1.807) is 0 Å². The lowest BCUT2D eigenvalue weighted by atomic mass is 9.56. The molecule has 1 aliphatic heterocycles. The Morgan fingerprint density at radius 3 is 2.53 bits per heavy atom. The maximum absolute atomic E-state index is 7.30. The van der Waals surface area contributed by atoms with Crippen LogP contribution in [0.25, 0.3) is 0 Å². The van der Waals surface area contributed by atoms with E-state index in [2.05, 4.69) is 72.2 Å². The number of likely N-dealkylation sites (N-methyl/N-ethyl adjacent to an activating group) is 1. The molecule has 0 radical (unpaired) electrons. The molecule has 5 unspecified atom stereocenters. The number of rotatable bonds is 12. The lowest BCUT2D eigenvalue weighted by molar-refractivity contribution is -0.00169. The fourth-order valence-electron chi connectivity index (χ4n) is 9.38. The van der Waals surface area contributed by atoms with Gasteiger partial charge in [-0.15, -0.1) is 0 Å². The summed E-state index contributed by atoms with van der Waals surface area (Å²) >= 11 is 0. The predicted octanol–water partition coefficient (Wildman–Crippen LogP) is 5.94. The Morgan fingerprint density at radius 1 is 1.13 bits per heavy atom. The van der Waals surface area contributed by atoms with Crippen molar-refractivity contribution in [1.82, 2.24) is 16.0 Å². The fraction of sp³-hybridized carbons (Fsp3) is 0.576. The molecule has 3 bridgehead atoms. The number of anilines is 1. The van der Waals surface area contributed by atoms with Crippen molar-refractivity contribution in [2.45, 2.75) is 70.4 Å². The van der Waals surface area contributed by atoms with Gasteiger partial charge in [-0.05, 0) is 105 Å². The van der Waals surface area contributed by atoms with Gasteiger partial charge in [0, 0.05) is 36.1 Å². The van der Waals surface area contributed by atoms with E-state index >= 15 is 0 Å². The third-order valence-corrected chi connectivity index (χ3v) is 11.1. The first-order valence-corrected chi connectivity index (χ1v) is 14.9. The molecule has 5 heteroatoms. The standard InChI is InChI=1S/C33H47N5/c1-6-30(21(4)35-7-2)37-22(5)33(34,18-25-19-36-31-11-9-8-10-28(25)31)38-20(3)12-29-23-13-26-15-27-14-24(29)17-32(26,27)16-23/h6,8-11,23-27,29,35-38H,3-5,7,12-19,34H2,1-2H3/b30-6+/t23?,24?,25?,26?,27?,29?,32?,33-/m1/s1. The van der Waals surface area contributed by atoms with Crippen LogP contribution in [0.3, 0.4) is 0 Å². The highest BCUT2D eigenvalue weighted by Crippen LogP contribution is 2.77. The average molecular weight is 514 g/mol. The molecule has 5 aliphatic rings. The second kappa shape index (κ2) is 9.51. The van der Waals surface area contributed by atoms with Gasteiger partial charge in [-0.1, -0.05) is 44.0 Å². The minimum Gasteiger partial charge on any atom is -0.384 e. The lowest BCUT2D eigenvalue weighted by Gasteiger charge is -2.49. The monoisotopic (exact) mass is 513 g/mol. The van der Waals surface area contributed by atoms with Crippen LogP contribution < -0.4 is 27.0 Å². The zero-order valence-corrected chi connectivity index (χ0v) is 23.4. The first-order valence-electron chi connectivity index (χ1n) is 14.9. The molecule has 4 saturated carbocycles. The van der Waals surface area contributed by atoms with Gasteiger partial charge in [0.2, 0.25) is 0 Å². The predicted molar refractivity (Wildman–Crippen MR) is 158 cm³/mol. The molecule has 4 aliphatic carbocycles. The summed E-state index contributed by atoms with van der Waals surface area (Å²) in [6.07, 6.45) is 11.1. The van der Waals surface area contributed by atoms with E-state index < -0.39 is 5.66 Å². The Hall–Kier alpha value is -2.66. The molecule has 0 aromatic heterocycles. The van der Waals surface area contributed by atoms with Crippen LogP contribution >= 0.6 is 0 Å². The number of hydrogen-bond acceptors (Lipinski definition) is 5. The molecule has 1 heterocycles. The van der Waals surface area contributed by atoms with Crippen molar-refractivity contribution in [3.63, 3.8) is 0 Å². The van der Waals surface area contributed by atoms with E-state index in [4.69, 9.17) is 5.73 Å². The molecule has 6 N–H and O–H groups in total. The first kappa shape index (κ1) is 25.6. The summed E-state index contributed by atoms with van der Waals surface area (Å²) in [5.41, 5.74) is 13.3. The molecule has 1 spiro atoms. The molecule has 5 nitrogen and oxygen atoms in total. The van der Waals surface area contributed by atoms with E-state index in [9.17, 15) is 0 Å². The molecule has 1 aromatic rings. The SMILES string of the molecule is C=C(CC1C2CC3CC4CC1CC34C2)N[C@](N)(CC1CNc2ccccc21)C(=C)N/C(=C/C)C(=C)NCC. The van der Waals surface area contributed by atoms with Crippen molar-refractivity contribution in [1.29, 1.82) is 0 Å². The zero-order chi connectivity index (χ0) is 26.7. The highest BCUT2D eigenvalue weighted by molar-refractivity contribution is 5.57. The summed E-state index contributed by atoms with van der Waals surface area (Å²) in [4.78, 5) is 0. The summed E-state index contributed by atoms with van der Waals surface area (Å²) in [7, 11) is 0. The second-order valence-electron chi connectivity index (χ2n) is 13.0. The van der Waals surface area contributed by atoms with E-state index in [1.165, 1.54) is 43.4 Å². The third-order valence-electron chi connectivity index (χ3n) is 11.1. The normalized spacial score (nSPS) is 35.4. The van der Waals surface area contributed by atoms with Crippen LogP contribution in [-0.2, 0) is 0 Å². The number of nitrogens with two attached hydrogens (primary N) is 1. The molecule has 0 amide bonds. The molecule has 1 aromatic carbocycles. The van der Waals surface area contributed by atoms with Crippen LogP contribution in [0.2, 0.25) is 0 Å². The molecule has 4 fully saturated rings. The van der Waals surface area contributed by atoms with Crippen molar-refractivity contribution < 1.29 is 0 Å². The summed E-state index contributed by atoms with van der Waals surface area (Å²) in [5, 5.41) is 14.2. The number of para-hydroxylation sites is 1. The average Bonchev–Trinajstić information content (AvgIpc) is 3.48. The van der Waals surface area contributed by atoms with Gasteiger partial charge < -0.3 is 27.0 Å². The molecule has 6 atom stereocenters. The Balaban J connectivity index is 1.20. The van der Waals surface area contributed by atoms with E-state index in [-0.39, 0.29) is 5.92 Å². The van der Waals surface area contributed by atoms with Crippen LogP contribution in [0.15, 0.2) is 72.9 Å². The number of hydrogen-bond donors (Lipinski definition) is 5. The summed E-state index contributed by atoms with van der Waals surface area (Å²) in [6.45, 7) is 19.0. The number of allylic oxidation sites excluding steroid dienone is 2. The highest BCUT2D eigenvalue weighted by Gasteiger charge is 2.68. The Bertz CT molecular complexity index is 1140. The van der Waals surface area contributed by atoms with Crippen molar-refractivity contribution in [3.05, 3.63) is 78.4 Å². The Morgan fingerprint density at radius 2 is 1.84 bits per heavy atom. The van der Waals surface area contributed by atoms with Crippen LogP contribution in [0, 0.1) is 35.0 Å². The minimum absolute atomic E-state index is 0.285. The van der Waals surface area contributed by atoms with Gasteiger partial charge in [0.25, 0.3) is 0 Å². The number of nitrogens with one attached hydrogen (secondary N) is 4. The van der Waals surface area contributed by atoms with Gasteiger partial charge in [0.05, 0.1) is 11.4 Å². The maximum atomic E-state index is 7.30. The molecule has 0 saturated heterocycles. The van der Waals surface area contributed by atoms with Crippen molar-refractivity contribution in [2.24, 2.45) is 40.7 Å². The fourth-order valence-corrected chi connectivity index (χ4v) is 9.38. The topological polar surface area (TPSA) is 74.1 Å². The lowest BCUT2D eigenvalue weighted by Crippen LogP contribution is -2.58. The smallest absolute Gasteiger partial charge is 0.127 e. The van der Waals surface area contributed by atoms with Crippen LogP contribution in [-0.4, -0.2) is 18.8 Å². The molecule has 38 heavy (non-hydrogen) atoms. The maximum Gasteiger partial charge on any atom is 0.127 e. The van der Waals surface area contributed by atoms with Crippen LogP contribution in [0.1, 0.15) is 70.3 Å². The second-order valence-corrected chi connectivity index (χ2v) is 13.0. The summed E-state index contributed by atoms with van der Waals surface area (Å²) < 4.78 is 0. The van der Waals surface area contributed by atoms with Gasteiger partial charge in [0.15, 0.2) is 0 Å². The van der Waals surface area contributed by atoms with Gasteiger partial charge in [-0.2, -0.15) is 0 Å². The quantitative estimate of drug-likeness (QED) is 0.177. The first-order chi connectivity index (χ1) is 18.3. The van der Waals surface area contributed by atoms with E-state index in [0.29, 0.717) is 0 Å². The molecule has 6 rings (SSSR count). The van der Waals surface area contributed by atoms with Crippen molar-refractivity contribution in [2.75, 3.05) is 18.4 Å². The zero-order valence-electron chi connectivity index (χ0n) is 23.4. The van der Waals surface area contributed by atoms with Crippen molar-refractivity contribution in [3.8, 4) is 0 Å². The van der Waals surface area contributed by atoms with Gasteiger partial charge >= 0.3 is 0 Å². The number of benzene rings is 1. The molecular formula is C33H47N5. The minimum atomic E-state index is -0.854. The Labute approximate surface area is 229 Å².